The van der Waals surface area contributed by atoms with Gasteiger partial charge in [-0.1, -0.05) is 29.0 Å². The summed E-state index contributed by atoms with van der Waals surface area (Å²) in [6.45, 7) is 1.29. The number of sulfone groups is 1. The van der Waals surface area contributed by atoms with Crippen LogP contribution in [0.25, 0.3) is 10.2 Å². The number of thioether (sulfide) groups is 1. The van der Waals surface area contributed by atoms with Crippen molar-refractivity contribution in [2.75, 3.05) is 44.1 Å². The van der Waals surface area contributed by atoms with Crippen LogP contribution in [0.15, 0.2) is 52.3 Å². The fraction of sp³-hybridized carbons (Fsp3) is 0.364. The number of thiazole rings is 1. The Balaban J connectivity index is 1.74. The molecule has 1 aromatic heterocycles. The summed E-state index contributed by atoms with van der Waals surface area (Å²) in [5.74, 6) is -0.203. The maximum atomic E-state index is 13.1. The van der Waals surface area contributed by atoms with E-state index in [1.165, 1.54) is 28.4 Å². The van der Waals surface area contributed by atoms with Crippen molar-refractivity contribution in [2.24, 2.45) is 0 Å². The number of amides is 1. The molecule has 0 atom stereocenters. The highest BCUT2D eigenvalue weighted by atomic mass is 35.5. The van der Waals surface area contributed by atoms with Crippen LogP contribution >= 0.6 is 34.7 Å². The number of benzene rings is 2. The van der Waals surface area contributed by atoms with Crippen LogP contribution in [0.3, 0.4) is 0 Å². The second-order valence-electron chi connectivity index (χ2n) is 7.68. The molecule has 0 saturated heterocycles. The lowest BCUT2D eigenvalue weighted by molar-refractivity contribution is -0.856. The molecule has 0 radical (unpaired) electrons. The monoisotopic (exact) mass is 512 g/mol. The normalized spacial score (nSPS) is 11.9. The second kappa shape index (κ2) is 11.0. The van der Waals surface area contributed by atoms with Crippen molar-refractivity contribution < 1.29 is 18.1 Å². The van der Waals surface area contributed by atoms with Crippen LogP contribution in [-0.4, -0.2) is 58.5 Å². The summed E-state index contributed by atoms with van der Waals surface area (Å²) in [5, 5.41) is 1.14. The van der Waals surface area contributed by atoms with Gasteiger partial charge in [-0.25, -0.2) is 13.4 Å². The van der Waals surface area contributed by atoms with E-state index in [1.54, 1.807) is 28.8 Å². The predicted octanol–water partition coefficient (Wildman–Crippen LogP) is 3.40. The number of nitrogens with one attached hydrogen (secondary N) is 1. The number of likely N-dealkylation sites (N-methyl/N-ethyl adjacent to an activating group) is 1. The zero-order valence-corrected chi connectivity index (χ0v) is 21.5. The Morgan fingerprint density at radius 3 is 2.56 bits per heavy atom. The molecular weight excluding hydrogens is 486 g/mol. The number of rotatable bonds is 10. The highest BCUT2D eigenvalue weighted by Crippen LogP contribution is 2.34. The van der Waals surface area contributed by atoms with E-state index in [0.717, 1.165) is 21.7 Å². The van der Waals surface area contributed by atoms with Gasteiger partial charge in [-0.2, -0.15) is 0 Å². The Hall–Kier alpha value is -1.65. The van der Waals surface area contributed by atoms with E-state index < -0.39 is 9.84 Å². The average molecular weight is 513 g/mol. The van der Waals surface area contributed by atoms with Gasteiger partial charge in [0, 0.05) is 16.3 Å². The van der Waals surface area contributed by atoms with Crippen molar-refractivity contribution in [3.05, 3.63) is 47.5 Å². The zero-order valence-electron chi connectivity index (χ0n) is 18.3. The van der Waals surface area contributed by atoms with Crippen LogP contribution in [-0.2, 0) is 14.6 Å². The van der Waals surface area contributed by atoms with Crippen LogP contribution in [0.4, 0.5) is 5.13 Å². The molecule has 2 aromatic carbocycles. The Kier molecular flexibility index (Phi) is 8.57. The number of nitrogens with zero attached hydrogens (tertiary/aromatic N) is 2. The largest absolute Gasteiger partial charge is 0.338 e. The lowest BCUT2D eigenvalue weighted by Crippen LogP contribution is -3.06. The van der Waals surface area contributed by atoms with Crippen LogP contribution in [0.5, 0.6) is 0 Å². The van der Waals surface area contributed by atoms with Gasteiger partial charge in [0.1, 0.15) is 0 Å². The molecule has 3 rings (SSSR count). The van der Waals surface area contributed by atoms with Crippen molar-refractivity contribution in [3.63, 3.8) is 0 Å². The first-order valence-electron chi connectivity index (χ1n) is 10.2. The van der Waals surface area contributed by atoms with Crippen molar-refractivity contribution in [1.29, 1.82) is 0 Å². The van der Waals surface area contributed by atoms with Gasteiger partial charge in [-0.3, -0.25) is 9.69 Å². The van der Waals surface area contributed by atoms with Gasteiger partial charge in [-0.15, -0.1) is 11.8 Å². The molecule has 0 spiro atoms. The van der Waals surface area contributed by atoms with Gasteiger partial charge in [-0.05, 0) is 49.1 Å². The van der Waals surface area contributed by atoms with Crippen LogP contribution < -0.4 is 9.80 Å². The van der Waals surface area contributed by atoms with Gasteiger partial charge in [0.05, 0.1) is 48.0 Å². The fourth-order valence-corrected chi connectivity index (χ4v) is 6.26. The molecule has 1 amide bonds. The first-order chi connectivity index (χ1) is 15.2. The minimum Gasteiger partial charge on any atom is -0.338 e. The highest BCUT2D eigenvalue weighted by molar-refractivity contribution is 7.98. The Bertz CT molecular complexity index is 1180. The number of quaternary nitrogens is 1. The van der Waals surface area contributed by atoms with E-state index in [0.29, 0.717) is 16.7 Å². The molecule has 172 valence electrons. The Morgan fingerprint density at radius 1 is 1.19 bits per heavy atom. The number of fused-ring (bicyclic) bond motifs is 1. The number of aromatic nitrogens is 1. The average Bonchev–Trinajstić information content (AvgIpc) is 3.17. The molecule has 0 aliphatic heterocycles. The highest BCUT2D eigenvalue weighted by Gasteiger charge is 2.22. The van der Waals surface area contributed by atoms with Gasteiger partial charge < -0.3 is 4.90 Å². The SMILES string of the molecule is CSc1cccc2sc(N(CC[NH+](C)C)C(=O)CCCS(=O)(=O)c3ccc(Cl)cc3)nc12. The summed E-state index contributed by atoms with van der Waals surface area (Å²) in [6, 6.07) is 12.1. The summed E-state index contributed by atoms with van der Waals surface area (Å²) in [5.41, 5.74) is 0.903. The maximum Gasteiger partial charge on any atom is 0.229 e. The van der Waals surface area contributed by atoms with Crippen LogP contribution in [0.2, 0.25) is 5.02 Å². The maximum absolute atomic E-state index is 13.1. The lowest BCUT2D eigenvalue weighted by Gasteiger charge is -2.20. The van der Waals surface area contributed by atoms with E-state index in [9.17, 15) is 13.2 Å². The molecule has 0 saturated carbocycles. The van der Waals surface area contributed by atoms with Gasteiger partial charge in [0.2, 0.25) is 5.91 Å². The van der Waals surface area contributed by atoms with E-state index >= 15 is 0 Å². The van der Waals surface area contributed by atoms with Crippen LogP contribution in [0.1, 0.15) is 12.8 Å². The summed E-state index contributed by atoms with van der Waals surface area (Å²) < 4.78 is 26.2. The zero-order chi connectivity index (χ0) is 23.3. The number of halogens is 1. The van der Waals surface area contributed by atoms with Crippen molar-refractivity contribution in [2.45, 2.75) is 22.6 Å². The van der Waals surface area contributed by atoms with Crippen LogP contribution in [0, 0.1) is 0 Å². The number of hydrogen-bond acceptors (Lipinski definition) is 6. The van der Waals surface area contributed by atoms with Gasteiger partial charge >= 0.3 is 0 Å². The summed E-state index contributed by atoms with van der Waals surface area (Å²) in [7, 11) is 0.599. The molecule has 1 heterocycles. The first kappa shape index (κ1) is 25.0. The number of hydrogen-bond donors (Lipinski definition) is 1. The number of carbonyl (C=O) groups is 1. The fourth-order valence-electron chi connectivity index (χ4n) is 3.16. The van der Waals surface area contributed by atoms with E-state index in [1.807, 2.05) is 38.6 Å². The number of para-hydroxylation sites is 1. The van der Waals surface area contributed by atoms with E-state index in [2.05, 4.69) is 0 Å². The summed E-state index contributed by atoms with van der Waals surface area (Å²) in [4.78, 5) is 22.1. The topological polar surface area (TPSA) is 71.8 Å². The number of anilines is 1. The third-order valence-corrected chi connectivity index (χ3v) is 8.82. The molecule has 1 N–H and O–H groups in total. The van der Waals surface area contributed by atoms with Crippen molar-refractivity contribution >= 4 is 65.8 Å². The minimum absolute atomic E-state index is 0.0936. The van der Waals surface area contributed by atoms with E-state index in [4.69, 9.17) is 16.6 Å². The van der Waals surface area contributed by atoms with Crippen molar-refractivity contribution in [1.82, 2.24) is 4.98 Å². The Labute approximate surface area is 202 Å². The molecule has 3 aromatic rings. The van der Waals surface area contributed by atoms with E-state index in [-0.39, 0.29) is 29.4 Å². The predicted molar refractivity (Wildman–Crippen MR) is 134 cm³/mol. The third-order valence-electron chi connectivity index (χ3n) is 4.93. The quantitative estimate of drug-likeness (QED) is 0.421. The Morgan fingerprint density at radius 2 is 1.91 bits per heavy atom. The van der Waals surface area contributed by atoms with Gasteiger partial charge in [0.25, 0.3) is 0 Å². The first-order valence-corrected chi connectivity index (χ1v) is 14.3. The number of carbonyl (C=O) groups excluding carboxylic acids is 1. The molecule has 0 bridgehead atoms. The molecule has 0 aliphatic carbocycles. The molecule has 0 fully saturated rings. The molecule has 0 aliphatic rings. The summed E-state index contributed by atoms with van der Waals surface area (Å²) >= 11 is 8.97. The summed E-state index contributed by atoms with van der Waals surface area (Å²) in [6.07, 6.45) is 2.39. The van der Waals surface area contributed by atoms with Gasteiger partial charge in [0.15, 0.2) is 15.0 Å². The molecule has 0 unspecified atom stereocenters. The lowest BCUT2D eigenvalue weighted by atomic mass is 10.3. The second-order valence-corrected chi connectivity index (χ2v) is 12.1. The molecule has 10 heteroatoms. The molecule has 6 nitrogen and oxygen atoms in total. The molecular formula is C22H27ClN3O3S3+. The standard InChI is InChI=1S/C22H26ClN3O3S3/c1-25(2)13-14-26(22-24-21-18(30-3)6-4-7-19(21)31-22)20(27)8-5-15-32(28,29)17-11-9-16(23)10-12-17/h4,6-7,9-12H,5,8,13-15H2,1-3H3/p+1. The molecule has 32 heavy (non-hydrogen) atoms. The van der Waals surface area contributed by atoms with Crippen molar-refractivity contribution in [3.8, 4) is 0 Å². The third kappa shape index (κ3) is 6.23. The minimum atomic E-state index is -3.47. The smallest absolute Gasteiger partial charge is 0.229 e.